The number of thiophene rings is 1. The third-order valence-electron chi connectivity index (χ3n) is 3.06. The average molecular weight is 417 g/mol. The van der Waals surface area contributed by atoms with Crippen molar-refractivity contribution in [3.05, 3.63) is 50.6 Å². The Kier molecular flexibility index (Phi) is 5.83. The molecule has 1 N–H and O–H groups in total. The third-order valence-corrected chi connectivity index (χ3v) is 5.27. The molecule has 0 radical (unpaired) electrons. The Morgan fingerprint density at radius 3 is 2.61 bits per heavy atom. The normalized spacial score (nSPS) is 11.3. The first-order valence-electron chi connectivity index (χ1n) is 6.90. The molecule has 1 aromatic heterocycles. The molecule has 5 nitrogen and oxygen atoms in total. The molecule has 0 unspecified atom stereocenters. The first kappa shape index (κ1) is 18.0. The van der Waals surface area contributed by atoms with Crippen LogP contribution in [0.1, 0.15) is 22.2 Å². The van der Waals surface area contributed by atoms with E-state index in [1.807, 2.05) is 19.1 Å². The van der Waals surface area contributed by atoms with Gasteiger partial charge < -0.3 is 4.90 Å². The molecule has 0 aliphatic rings. The van der Waals surface area contributed by atoms with Crippen molar-refractivity contribution in [3.8, 4) is 0 Å². The van der Waals surface area contributed by atoms with E-state index in [0.717, 1.165) is 14.9 Å². The molecule has 0 aliphatic heterocycles. The second-order valence-corrected chi connectivity index (χ2v) is 9.28. The van der Waals surface area contributed by atoms with E-state index in [1.165, 1.54) is 0 Å². The molecular formula is C15H17BrN2O3S2. The minimum atomic E-state index is -3.37. The van der Waals surface area contributed by atoms with Gasteiger partial charge in [-0.2, -0.15) is 0 Å². The number of sulfonamides is 1. The van der Waals surface area contributed by atoms with E-state index >= 15 is 0 Å². The highest BCUT2D eigenvalue weighted by molar-refractivity contribution is 9.11. The summed E-state index contributed by atoms with van der Waals surface area (Å²) in [5.41, 5.74) is 0.837. The molecule has 124 valence electrons. The van der Waals surface area contributed by atoms with E-state index in [1.54, 1.807) is 40.5 Å². The highest BCUT2D eigenvalue weighted by Gasteiger charge is 2.16. The standard InChI is InChI=1S/C15H17BrN2O3S2/c1-3-18(10-13-7-8-14(16)22-13)15(19)11-5-4-6-12(9-11)17-23(2,20)21/h4-9,17H,3,10H2,1-2H3. The van der Waals surface area contributed by atoms with Gasteiger partial charge in [-0.15, -0.1) is 11.3 Å². The van der Waals surface area contributed by atoms with E-state index < -0.39 is 10.0 Å². The molecule has 0 aliphatic carbocycles. The summed E-state index contributed by atoms with van der Waals surface area (Å²) in [5, 5.41) is 0. The van der Waals surface area contributed by atoms with Gasteiger partial charge in [-0.05, 0) is 53.2 Å². The highest BCUT2D eigenvalue weighted by Crippen LogP contribution is 2.24. The van der Waals surface area contributed by atoms with Gasteiger partial charge >= 0.3 is 0 Å². The maximum absolute atomic E-state index is 12.6. The number of carbonyl (C=O) groups is 1. The first-order valence-corrected chi connectivity index (χ1v) is 10.4. The lowest BCUT2D eigenvalue weighted by atomic mass is 10.1. The number of hydrogen-bond acceptors (Lipinski definition) is 4. The van der Waals surface area contributed by atoms with Crippen LogP contribution in [0.25, 0.3) is 0 Å². The molecule has 1 aromatic carbocycles. The minimum absolute atomic E-state index is 0.130. The first-order chi connectivity index (χ1) is 10.8. The van der Waals surface area contributed by atoms with Crippen LogP contribution in [0.4, 0.5) is 5.69 Å². The van der Waals surface area contributed by atoms with Crippen molar-refractivity contribution < 1.29 is 13.2 Å². The third kappa shape index (κ3) is 5.33. The van der Waals surface area contributed by atoms with Crippen LogP contribution in [0.2, 0.25) is 0 Å². The number of nitrogens with one attached hydrogen (secondary N) is 1. The quantitative estimate of drug-likeness (QED) is 0.782. The molecule has 1 amide bonds. The van der Waals surface area contributed by atoms with Crippen LogP contribution in [0, 0.1) is 0 Å². The van der Waals surface area contributed by atoms with Crippen molar-refractivity contribution >= 4 is 48.9 Å². The number of benzene rings is 1. The summed E-state index contributed by atoms with van der Waals surface area (Å²) >= 11 is 5.00. The maximum Gasteiger partial charge on any atom is 0.254 e. The molecular weight excluding hydrogens is 400 g/mol. The van der Waals surface area contributed by atoms with E-state index in [2.05, 4.69) is 20.7 Å². The summed E-state index contributed by atoms with van der Waals surface area (Å²) in [6, 6.07) is 10.4. The van der Waals surface area contributed by atoms with Gasteiger partial charge in [-0.1, -0.05) is 6.07 Å². The Morgan fingerprint density at radius 2 is 2.04 bits per heavy atom. The summed E-state index contributed by atoms with van der Waals surface area (Å²) < 4.78 is 26.0. The van der Waals surface area contributed by atoms with Crippen molar-refractivity contribution in [3.63, 3.8) is 0 Å². The van der Waals surface area contributed by atoms with Gasteiger partial charge in [-0.3, -0.25) is 9.52 Å². The van der Waals surface area contributed by atoms with Gasteiger partial charge in [0.15, 0.2) is 0 Å². The van der Waals surface area contributed by atoms with Gasteiger partial charge in [0.2, 0.25) is 10.0 Å². The zero-order valence-electron chi connectivity index (χ0n) is 12.7. The van der Waals surface area contributed by atoms with Gasteiger partial charge in [0.05, 0.1) is 16.6 Å². The predicted octanol–water partition coefficient (Wildman–Crippen LogP) is 3.54. The number of hydrogen-bond donors (Lipinski definition) is 1. The molecule has 8 heteroatoms. The molecule has 0 atom stereocenters. The lowest BCUT2D eigenvalue weighted by molar-refractivity contribution is 0.0754. The predicted molar refractivity (Wildman–Crippen MR) is 97.3 cm³/mol. The van der Waals surface area contributed by atoms with Crippen LogP contribution in [0.3, 0.4) is 0 Å². The number of carbonyl (C=O) groups excluding carboxylic acids is 1. The molecule has 0 saturated carbocycles. The van der Waals surface area contributed by atoms with E-state index in [4.69, 9.17) is 0 Å². The fraction of sp³-hybridized carbons (Fsp3) is 0.267. The molecule has 23 heavy (non-hydrogen) atoms. The molecule has 0 bridgehead atoms. The van der Waals surface area contributed by atoms with Gasteiger partial charge in [0, 0.05) is 22.7 Å². The number of amides is 1. The van der Waals surface area contributed by atoms with Crippen LogP contribution in [-0.2, 0) is 16.6 Å². The van der Waals surface area contributed by atoms with Crippen LogP contribution in [-0.4, -0.2) is 32.0 Å². The smallest absolute Gasteiger partial charge is 0.254 e. The molecule has 2 aromatic rings. The van der Waals surface area contributed by atoms with Gasteiger partial charge in [0.25, 0.3) is 5.91 Å². The number of rotatable bonds is 6. The Balaban J connectivity index is 2.18. The largest absolute Gasteiger partial charge is 0.334 e. The highest BCUT2D eigenvalue weighted by atomic mass is 79.9. The Labute approximate surface area is 148 Å². The molecule has 0 saturated heterocycles. The summed E-state index contributed by atoms with van der Waals surface area (Å²) in [4.78, 5) is 15.4. The SMILES string of the molecule is CCN(Cc1ccc(Br)s1)C(=O)c1cccc(NS(C)(=O)=O)c1. The number of nitrogens with zero attached hydrogens (tertiary/aromatic N) is 1. The molecule has 1 heterocycles. The molecule has 2 rings (SSSR count). The monoisotopic (exact) mass is 416 g/mol. The zero-order chi connectivity index (χ0) is 17.0. The van der Waals surface area contributed by atoms with Gasteiger partial charge in [-0.25, -0.2) is 8.42 Å². The second-order valence-electron chi connectivity index (χ2n) is 4.98. The van der Waals surface area contributed by atoms with E-state index in [0.29, 0.717) is 24.3 Å². The maximum atomic E-state index is 12.6. The summed E-state index contributed by atoms with van der Waals surface area (Å²) in [6.07, 6.45) is 1.08. The summed E-state index contributed by atoms with van der Waals surface area (Å²) in [5.74, 6) is -0.130. The Bertz CT molecular complexity index is 803. The average Bonchev–Trinajstić information content (AvgIpc) is 2.88. The lowest BCUT2D eigenvalue weighted by Gasteiger charge is -2.20. The molecule has 0 fully saturated rings. The van der Waals surface area contributed by atoms with E-state index in [-0.39, 0.29) is 5.91 Å². The summed E-state index contributed by atoms with van der Waals surface area (Å²) in [7, 11) is -3.37. The molecule has 0 spiro atoms. The minimum Gasteiger partial charge on any atom is -0.334 e. The summed E-state index contributed by atoms with van der Waals surface area (Å²) in [6.45, 7) is 3.01. The lowest BCUT2D eigenvalue weighted by Crippen LogP contribution is -2.30. The van der Waals surface area contributed by atoms with Crippen LogP contribution < -0.4 is 4.72 Å². The van der Waals surface area contributed by atoms with Crippen molar-refractivity contribution in [1.82, 2.24) is 4.90 Å². The van der Waals surface area contributed by atoms with Crippen LogP contribution in [0.5, 0.6) is 0 Å². The van der Waals surface area contributed by atoms with Crippen LogP contribution in [0.15, 0.2) is 40.2 Å². The topological polar surface area (TPSA) is 66.5 Å². The van der Waals surface area contributed by atoms with Crippen molar-refractivity contribution in [2.24, 2.45) is 0 Å². The number of anilines is 1. The van der Waals surface area contributed by atoms with Crippen molar-refractivity contribution in [2.45, 2.75) is 13.5 Å². The van der Waals surface area contributed by atoms with E-state index in [9.17, 15) is 13.2 Å². The fourth-order valence-electron chi connectivity index (χ4n) is 2.06. The number of halogens is 1. The fourth-order valence-corrected chi connectivity index (χ4v) is 4.12. The van der Waals surface area contributed by atoms with Crippen LogP contribution >= 0.6 is 27.3 Å². The second kappa shape index (κ2) is 7.46. The Morgan fingerprint density at radius 1 is 1.30 bits per heavy atom. The van der Waals surface area contributed by atoms with Gasteiger partial charge in [0.1, 0.15) is 0 Å². The Hall–Kier alpha value is -1.38. The van der Waals surface area contributed by atoms with Crippen molar-refractivity contribution in [1.29, 1.82) is 0 Å². The van der Waals surface area contributed by atoms with Crippen molar-refractivity contribution in [2.75, 3.05) is 17.5 Å². The zero-order valence-corrected chi connectivity index (χ0v) is 16.0.